The number of carbonyl (C=O) groups is 1. The van der Waals surface area contributed by atoms with E-state index in [1.54, 1.807) is 0 Å². The van der Waals surface area contributed by atoms with Gasteiger partial charge in [-0.1, -0.05) is 26.2 Å². The number of amides is 1. The van der Waals surface area contributed by atoms with Gasteiger partial charge in [-0.25, -0.2) is 4.79 Å². The molecule has 0 radical (unpaired) electrons. The van der Waals surface area contributed by atoms with E-state index in [1.165, 1.54) is 38.5 Å². The van der Waals surface area contributed by atoms with Crippen molar-refractivity contribution in [1.29, 1.82) is 0 Å². The Hall–Kier alpha value is -0.770. The van der Waals surface area contributed by atoms with Gasteiger partial charge < -0.3 is 15.0 Å². The highest BCUT2D eigenvalue weighted by atomic mass is 16.6. The van der Waals surface area contributed by atoms with E-state index in [1.807, 2.05) is 25.7 Å². The standard InChI is InChI=1S/C19H36N2O2/c1-5-15-7-6-8-16(10-9-15)20-13-14-21(17-11-12-17)18(22)23-19(2,3)4/h15-17,20H,5-14H2,1-4H3. The van der Waals surface area contributed by atoms with Gasteiger partial charge in [0.05, 0.1) is 0 Å². The maximum Gasteiger partial charge on any atom is 0.410 e. The van der Waals surface area contributed by atoms with Crippen LogP contribution in [-0.4, -0.2) is 41.8 Å². The predicted octanol–water partition coefficient (Wildman–Crippen LogP) is 4.33. The van der Waals surface area contributed by atoms with Crippen molar-refractivity contribution in [2.24, 2.45) is 5.92 Å². The first-order valence-corrected chi connectivity index (χ1v) is 9.62. The Balaban J connectivity index is 1.73. The molecule has 23 heavy (non-hydrogen) atoms. The zero-order valence-corrected chi connectivity index (χ0v) is 15.6. The van der Waals surface area contributed by atoms with Gasteiger partial charge in [0.25, 0.3) is 0 Å². The Morgan fingerprint density at radius 2 is 1.87 bits per heavy atom. The SMILES string of the molecule is CCC1CCCC(NCCN(C(=O)OC(C)(C)C)C2CC2)CC1. The van der Waals surface area contributed by atoms with Gasteiger partial charge in [-0.3, -0.25) is 0 Å². The molecule has 2 atom stereocenters. The zero-order chi connectivity index (χ0) is 16.9. The van der Waals surface area contributed by atoms with Crippen LogP contribution in [0.1, 0.15) is 79.1 Å². The van der Waals surface area contributed by atoms with Crippen LogP contribution < -0.4 is 5.32 Å². The lowest BCUT2D eigenvalue weighted by Gasteiger charge is -2.28. The topological polar surface area (TPSA) is 41.6 Å². The third-order valence-corrected chi connectivity index (χ3v) is 5.07. The highest BCUT2D eigenvalue weighted by Gasteiger charge is 2.34. The summed E-state index contributed by atoms with van der Waals surface area (Å²) >= 11 is 0. The van der Waals surface area contributed by atoms with Crippen LogP contribution in [0.5, 0.6) is 0 Å². The number of nitrogens with one attached hydrogen (secondary N) is 1. The molecule has 2 aliphatic rings. The molecule has 0 saturated heterocycles. The number of carbonyl (C=O) groups excluding carboxylic acids is 1. The summed E-state index contributed by atoms with van der Waals surface area (Å²) in [5, 5.41) is 3.69. The van der Waals surface area contributed by atoms with Crippen LogP contribution >= 0.6 is 0 Å². The second-order valence-electron chi connectivity index (χ2n) is 8.34. The average Bonchev–Trinajstić information content (AvgIpc) is 3.28. The molecule has 134 valence electrons. The number of rotatable bonds is 6. The quantitative estimate of drug-likeness (QED) is 0.739. The van der Waals surface area contributed by atoms with E-state index >= 15 is 0 Å². The fourth-order valence-electron chi connectivity index (χ4n) is 3.51. The number of hydrogen-bond acceptors (Lipinski definition) is 3. The molecule has 4 heteroatoms. The van der Waals surface area contributed by atoms with Crippen LogP contribution in [0.3, 0.4) is 0 Å². The van der Waals surface area contributed by atoms with Gasteiger partial charge in [0.2, 0.25) is 0 Å². The normalized spacial score (nSPS) is 25.7. The van der Waals surface area contributed by atoms with E-state index in [0.29, 0.717) is 12.1 Å². The van der Waals surface area contributed by atoms with Crippen LogP contribution in [-0.2, 0) is 4.74 Å². The summed E-state index contributed by atoms with van der Waals surface area (Å²) in [7, 11) is 0. The fourth-order valence-corrected chi connectivity index (χ4v) is 3.51. The number of nitrogens with zero attached hydrogens (tertiary/aromatic N) is 1. The van der Waals surface area contributed by atoms with Crippen LogP contribution in [0.4, 0.5) is 4.79 Å². The highest BCUT2D eigenvalue weighted by Crippen LogP contribution is 2.28. The van der Waals surface area contributed by atoms with E-state index < -0.39 is 5.60 Å². The van der Waals surface area contributed by atoms with Gasteiger partial charge >= 0.3 is 6.09 Å². The third-order valence-electron chi connectivity index (χ3n) is 5.07. The maximum atomic E-state index is 12.3. The van der Waals surface area contributed by atoms with E-state index in [-0.39, 0.29) is 6.09 Å². The molecule has 0 aromatic carbocycles. The summed E-state index contributed by atoms with van der Waals surface area (Å²) in [6.07, 6.45) is 10.1. The summed E-state index contributed by atoms with van der Waals surface area (Å²) in [4.78, 5) is 14.3. The number of ether oxygens (including phenoxy) is 1. The summed E-state index contributed by atoms with van der Waals surface area (Å²) in [6.45, 7) is 9.77. The van der Waals surface area contributed by atoms with Gasteiger partial charge in [0, 0.05) is 25.2 Å². The molecule has 2 unspecified atom stereocenters. The first kappa shape index (κ1) is 18.6. The van der Waals surface area contributed by atoms with E-state index in [9.17, 15) is 4.79 Å². The smallest absolute Gasteiger partial charge is 0.410 e. The molecule has 2 aliphatic carbocycles. The molecule has 0 spiro atoms. The van der Waals surface area contributed by atoms with Gasteiger partial charge in [-0.15, -0.1) is 0 Å². The van der Waals surface area contributed by atoms with E-state index in [4.69, 9.17) is 4.74 Å². The van der Waals surface area contributed by atoms with Crippen LogP contribution in [0.25, 0.3) is 0 Å². The Morgan fingerprint density at radius 3 is 2.48 bits per heavy atom. The summed E-state index contributed by atoms with van der Waals surface area (Å²) in [6, 6.07) is 1.04. The molecule has 1 N–H and O–H groups in total. The first-order chi connectivity index (χ1) is 10.9. The first-order valence-electron chi connectivity index (χ1n) is 9.62. The molecule has 0 bridgehead atoms. The zero-order valence-electron chi connectivity index (χ0n) is 15.6. The second kappa shape index (κ2) is 8.36. The molecule has 4 nitrogen and oxygen atoms in total. The lowest BCUT2D eigenvalue weighted by Crippen LogP contribution is -2.43. The third kappa shape index (κ3) is 6.70. The summed E-state index contributed by atoms with van der Waals surface area (Å²) in [5.41, 5.74) is -0.409. The minimum Gasteiger partial charge on any atom is -0.444 e. The minimum atomic E-state index is -0.409. The van der Waals surface area contributed by atoms with Gasteiger partial charge in [0.15, 0.2) is 0 Å². The van der Waals surface area contributed by atoms with Crippen LogP contribution in [0.15, 0.2) is 0 Å². The molecule has 0 heterocycles. The molecule has 2 fully saturated rings. The van der Waals surface area contributed by atoms with Crippen LogP contribution in [0.2, 0.25) is 0 Å². The molecule has 0 aromatic heterocycles. The van der Waals surface area contributed by atoms with E-state index in [0.717, 1.165) is 31.8 Å². The van der Waals surface area contributed by atoms with Crippen molar-refractivity contribution < 1.29 is 9.53 Å². The van der Waals surface area contributed by atoms with Gasteiger partial charge in [0.1, 0.15) is 5.60 Å². The summed E-state index contributed by atoms with van der Waals surface area (Å²) < 4.78 is 5.55. The van der Waals surface area contributed by atoms with Crippen molar-refractivity contribution in [3.05, 3.63) is 0 Å². The van der Waals surface area contributed by atoms with Crippen molar-refractivity contribution in [2.75, 3.05) is 13.1 Å². The average molecular weight is 325 g/mol. The van der Waals surface area contributed by atoms with Crippen molar-refractivity contribution in [1.82, 2.24) is 10.2 Å². The number of hydrogen-bond donors (Lipinski definition) is 1. The van der Waals surface area contributed by atoms with Gasteiger partial charge in [-0.2, -0.15) is 0 Å². The molecular weight excluding hydrogens is 288 g/mol. The Labute approximate surface area is 142 Å². The summed E-state index contributed by atoms with van der Waals surface area (Å²) in [5.74, 6) is 0.923. The Bertz CT molecular complexity index is 374. The van der Waals surface area contributed by atoms with Crippen molar-refractivity contribution in [2.45, 2.75) is 96.7 Å². The molecule has 2 saturated carbocycles. The Kier molecular flexibility index (Phi) is 6.75. The minimum absolute atomic E-state index is 0.145. The van der Waals surface area contributed by atoms with E-state index in [2.05, 4.69) is 12.2 Å². The molecule has 1 amide bonds. The molecule has 0 aliphatic heterocycles. The van der Waals surface area contributed by atoms with Crippen molar-refractivity contribution in [3.8, 4) is 0 Å². The van der Waals surface area contributed by atoms with Gasteiger partial charge in [-0.05, 0) is 58.8 Å². The maximum absolute atomic E-state index is 12.3. The fraction of sp³-hybridized carbons (Fsp3) is 0.947. The van der Waals surface area contributed by atoms with Crippen LogP contribution in [0, 0.1) is 5.92 Å². The van der Waals surface area contributed by atoms with Crippen molar-refractivity contribution in [3.63, 3.8) is 0 Å². The largest absolute Gasteiger partial charge is 0.444 e. The van der Waals surface area contributed by atoms with Crippen molar-refractivity contribution >= 4 is 6.09 Å². The second-order valence-corrected chi connectivity index (χ2v) is 8.34. The molecule has 2 rings (SSSR count). The lowest BCUT2D eigenvalue weighted by atomic mass is 9.98. The highest BCUT2D eigenvalue weighted by molar-refractivity contribution is 5.69. The Morgan fingerprint density at radius 1 is 1.13 bits per heavy atom. The molecular formula is C19H36N2O2. The predicted molar refractivity (Wildman–Crippen MR) is 94.6 cm³/mol. The lowest BCUT2D eigenvalue weighted by molar-refractivity contribution is 0.0234. The monoisotopic (exact) mass is 324 g/mol. The molecule has 0 aromatic rings.